The first kappa shape index (κ1) is 22.0. The van der Waals surface area contributed by atoms with Crippen LogP contribution in [0.2, 0.25) is 0 Å². The van der Waals surface area contributed by atoms with Crippen molar-refractivity contribution >= 4 is 11.9 Å². The van der Waals surface area contributed by atoms with Crippen LogP contribution in [0.3, 0.4) is 0 Å². The third kappa shape index (κ3) is 4.25. The Hall–Kier alpha value is -3.30. The summed E-state index contributed by atoms with van der Waals surface area (Å²) in [5.74, 6) is -6.39. The number of carbonyl (C=O) groups is 2. The quantitative estimate of drug-likeness (QED) is 0.601. The van der Waals surface area contributed by atoms with Crippen molar-refractivity contribution < 1.29 is 33.3 Å². The van der Waals surface area contributed by atoms with Gasteiger partial charge in [0.1, 0.15) is 11.4 Å². The fourth-order valence-electron chi connectivity index (χ4n) is 2.95. The normalized spacial score (nSPS) is 15.1. The van der Waals surface area contributed by atoms with Gasteiger partial charge in [0, 0.05) is 17.8 Å². The van der Waals surface area contributed by atoms with Gasteiger partial charge in [-0.25, -0.2) is 19.2 Å². The summed E-state index contributed by atoms with van der Waals surface area (Å²) < 4.78 is 32.5. The highest BCUT2D eigenvalue weighted by Crippen LogP contribution is 2.35. The Morgan fingerprint density at radius 3 is 2.52 bits per heavy atom. The van der Waals surface area contributed by atoms with E-state index in [9.17, 15) is 28.6 Å². The Labute approximate surface area is 165 Å². The number of rotatable bonds is 7. The number of pyridine rings is 2. The smallest absolute Gasteiger partial charge is 0.329 e. The molecule has 3 atom stereocenters. The van der Waals surface area contributed by atoms with E-state index in [4.69, 9.17) is 4.74 Å². The van der Waals surface area contributed by atoms with Crippen LogP contribution in [0.15, 0.2) is 24.5 Å². The third-order valence-electron chi connectivity index (χ3n) is 5.12. The van der Waals surface area contributed by atoms with Crippen LogP contribution in [-0.2, 0) is 4.79 Å². The molecule has 0 bridgehead atoms. The molecular weight excluding hydrogens is 388 g/mol. The summed E-state index contributed by atoms with van der Waals surface area (Å²) in [6, 6.07) is 2.26. The monoisotopic (exact) mass is 409 g/mol. The number of nitrogens with zero attached hydrogens (tertiary/aromatic N) is 2. The van der Waals surface area contributed by atoms with Gasteiger partial charge in [0.15, 0.2) is 17.2 Å². The molecule has 1 amide bonds. The minimum Gasteiger partial charge on any atom is -0.503 e. The number of hydrogen-bond donors (Lipinski definition) is 3. The lowest BCUT2D eigenvalue weighted by Gasteiger charge is -2.36. The Morgan fingerprint density at radius 1 is 1.28 bits per heavy atom. The maximum atomic E-state index is 14.1. The number of aromatic hydroxyl groups is 1. The molecular formula is C19H21F2N3O5. The van der Waals surface area contributed by atoms with E-state index in [1.807, 2.05) is 0 Å². The lowest BCUT2D eigenvalue weighted by atomic mass is 9.76. The summed E-state index contributed by atoms with van der Waals surface area (Å²) in [5.41, 5.74) is -2.47. The second-order valence-corrected chi connectivity index (χ2v) is 6.78. The number of carbonyl (C=O) groups excluding carboxylic acids is 1. The van der Waals surface area contributed by atoms with E-state index in [2.05, 4.69) is 15.3 Å². The van der Waals surface area contributed by atoms with Crippen molar-refractivity contribution in [2.24, 2.45) is 5.92 Å². The van der Waals surface area contributed by atoms with E-state index in [0.717, 1.165) is 6.07 Å². The molecule has 0 fully saturated rings. The van der Waals surface area contributed by atoms with Gasteiger partial charge in [0.25, 0.3) is 5.91 Å². The van der Waals surface area contributed by atoms with Gasteiger partial charge >= 0.3 is 5.97 Å². The minimum atomic E-state index is -1.91. The lowest BCUT2D eigenvalue weighted by Crippen LogP contribution is -2.57. The highest BCUT2D eigenvalue weighted by atomic mass is 19.1. The summed E-state index contributed by atoms with van der Waals surface area (Å²) >= 11 is 0. The number of nitrogens with one attached hydrogen (secondary N) is 1. The summed E-state index contributed by atoms with van der Waals surface area (Å²) in [6.07, 6.45) is 1.93. The third-order valence-corrected chi connectivity index (χ3v) is 5.12. The van der Waals surface area contributed by atoms with Gasteiger partial charge in [-0.15, -0.1) is 0 Å². The fourth-order valence-corrected chi connectivity index (χ4v) is 2.95. The van der Waals surface area contributed by atoms with Crippen LogP contribution in [0.25, 0.3) is 0 Å². The van der Waals surface area contributed by atoms with Gasteiger partial charge in [-0.3, -0.25) is 4.79 Å². The standard InChI is InChI=1S/C19H21F2N3O5/c1-9(12-7-11(20)8-23-16(12)21)10(2)19(3,18(27)28)24-17(26)14-15(25)13(29-4)5-6-22-14/h5-10,25H,1-4H3,(H,24,26)(H,27,28). The fraction of sp³-hybridized carbons (Fsp3) is 0.368. The number of methoxy groups -OCH3 is 1. The number of aliphatic carboxylic acids is 1. The Morgan fingerprint density at radius 2 is 1.93 bits per heavy atom. The first-order valence-corrected chi connectivity index (χ1v) is 8.61. The van der Waals surface area contributed by atoms with E-state index in [1.165, 1.54) is 40.1 Å². The Bertz CT molecular complexity index is 940. The second-order valence-electron chi connectivity index (χ2n) is 6.78. The van der Waals surface area contributed by atoms with Crippen molar-refractivity contribution in [2.45, 2.75) is 32.2 Å². The van der Waals surface area contributed by atoms with E-state index < -0.39 is 52.5 Å². The number of ether oxygens (including phenoxy) is 1. The minimum absolute atomic E-state index is 0.0171. The van der Waals surface area contributed by atoms with Crippen molar-refractivity contribution in [1.29, 1.82) is 0 Å². The molecule has 0 radical (unpaired) electrons. The molecule has 2 rings (SSSR count). The largest absolute Gasteiger partial charge is 0.503 e. The van der Waals surface area contributed by atoms with Crippen LogP contribution in [0.5, 0.6) is 11.5 Å². The molecule has 8 nitrogen and oxygen atoms in total. The first-order chi connectivity index (χ1) is 13.5. The first-order valence-electron chi connectivity index (χ1n) is 8.61. The van der Waals surface area contributed by atoms with Gasteiger partial charge in [-0.05, 0) is 24.8 Å². The zero-order valence-electron chi connectivity index (χ0n) is 16.2. The number of carboxylic acid groups (broad SMARTS) is 1. The molecule has 29 heavy (non-hydrogen) atoms. The van der Waals surface area contributed by atoms with Crippen molar-refractivity contribution in [2.75, 3.05) is 7.11 Å². The van der Waals surface area contributed by atoms with Crippen LogP contribution in [0.4, 0.5) is 8.78 Å². The van der Waals surface area contributed by atoms with E-state index in [1.54, 1.807) is 0 Å². The molecule has 0 aromatic carbocycles. The van der Waals surface area contributed by atoms with Crippen molar-refractivity contribution in [1.82, 2.24) is 15.3 Å². The molecule has 156 valence electrons. The molecule has 3 N–H and O–H groups in total. The molecule has 2 aromatic heterocycles. The lowest BCUT2D eigenvalue weighted by molar-refractivity contribution is -0.146. The molecule has 0 saturated heterocycles. The molecule has 0 saturated carbocycles. The summed E-state index contributed by atoms with van der Waals surface area (Å²) in [4.78, 5) is 31.7. The molecule has 0 aliphatic rings. The zero-order chi connectivity index (χ0) is 21.9. The van der Waals surface area contributed by atoms with Gasteiger partial charge in [0.05, 0.1) is 13.3 Å². The van der Waals surface area contributed by atoms with Crippen LogP contribution in [0.1, 0.15) is 42.7 Å². The SMILES string of the molecule is COc1ccnc(C(=O)NC(C)(C(=O)O)C(C)C(C)c2cc(F)cnc2F)c1O. The van der Waals surface area contributed by atoms with Crippen LogP contribution in [0, 0.1) is 17.7 Å². The molecule has 10 heteroatoms. The molecule has 3 unspecified atom stereocenters. The predicted molar refractivity (Wildman–Crippen MR) is 97.7 cm³/mol. The average molecular weight is 409 g/mol. The molecule has 2 heterocycles. The second kappa shape index (κ2) is 8.38. The highest BCUT2D eigenvalue weighted by molar-refractivity contribution is 5.98. The number of carboxylic acids is 1. The summed E-state index contributed by atoms with van der Waals surface area (Å²) in [7, 11) is 1.28. The molecule has 0 spiro atoms. The number of amides is 1. The van der Waals surface area contributed by atoms with E-state index >= 15 is 0 Å². The van der Waals surface area contributed by atoms with Gasteiger partial charge in [-0.2, -0.15) is 4.39 Å². The van der Waals surface area contributed by atoms with Crippen molar-refractivity contribution in [3.8, 4) is 11.5 Å². The summed E-state index contributed by atoms with van der Waals surface area (Å²) in [5, 5.41) is 22.2. The highest BCUT2D eigenvalue weighted by Gasteiger charge is 2.44. The van der Waals surface area contributed by atoms with Gasteiger partial charge < -0.3 is 20.3 Å². The van der Waals surface area contributed by atoms with E-state index in [-0.39, 0.29) is 11.3 Å². The maximum Gasteiger partial charge on any atom is 0.329 e. The summed E-state index contributed by atoms with van der Waals surface area (Å²) in [6.45, 7) is 4.21. The number of aromatic nitrogens is 2. The van der Waals surface area contributed by atoms with Crippen molar-refractivity contribution in [3.05, 3.63) is 47.5 Å². The molecule has 2 aromatic rings. The number of hydrogen-bond acceptors (Lipinski definition) is 6. The van der Waals surface area contributed by atoms with Gasteiger partial charge in [-0.1, -0.05) is 13.8 Å². The maximum absolute atomic E-state index is 14.1. The van der Waals surface area contributed by atoms with Gasteiger partial charge in [0.2, 0.25) is 5.95 Å². The molecule has 0 aliphatic heterocycles. The zero-order valence-corrected chi connectivity index (χ0v) is 16.2. The molecule has 0 aliphatic carbocycles. The van der Waals surface area contributed by atoms with E-state index in [0.29, 0.717) is 6.20 Å². The Balaban J connectivity index is 2.39. The Kier molecular flexibility index (Phi) is 6.35. The van der Waals surface area contributed by atoms with Crippen molar-refractivity contribution in [3.63, 3.8) is 0 Å². The number of halogens is 2. The topological polar surface area (TPSA) is 122 Å². The van der Waals surface area contributed by atoms with Crippen LogP contribution in [-0.4, -0.2) is 44.7 Å². The predicted octanol–water partition coefficient (Wildman–Crippen LogP) is 2.48. The van der Waals surface area contributed by atoms with Crippen LogP contribution >= 0.6 is 0 Å². The van der Waals surface area contributed by atoms with Crippen LogP contribution < -0.4 is 10.1 Å². The average Bonchev–Trinajstić information content (AvgIpc) is 2.68.